The summed E-state index contributed by atoms with van der Waals surface area (Å²) < 4.78 is 11.2. The zero-order valence-corrected chi connectivity index (χ0v) is 13.7. The Kier molecular flexibility index (Phi) is 6.37. The van der Waals surface area contributed by atoms with E-state index in [2.05, 4.69) is 18.3 Å². The van der Waals surface area contributed by atoms with E-state index in [4.69, 9.17) is 9.47 Å². The Bertz CT molecular complexity index is 427. The molecule has 0 spiro atoms. The highest BCUT2D eigenvalue weighted by atomic mass is 16.5. The van der Waals surface area contributed by atoms with Crippen molar-refractivity contribution >= 4 is 0 Å². The average Bonchev–Trinajstić information content (AvgIpc) is 2.54. The lowest BCUT2D eigenvalue weighted by Crippen LogP contribution is -2.34. The van der Waals surface area contributed by atoms with Gasteiger partial charge in [0.25, 0.3) is 0 Å². The molecule has 1 aromatic carbocycles. The van der Waals surface area contributed by atoms with Crippen molar-refractivity contribution in [3.8, 4) is 11.5 Å². The lowest BCUT2D eigenvalue weighted by atomic mass is 9.84. The van der Waals surface area contributed by atoms with Gasteiger partial charge in [-0.2, -0.15) is 0 Å². The van der Waals surface area contributed by atoms with E-state index in [-0.39, 0.29) is 0 Å². The van der Waals surface area contributed by atoms with E-state index in [1.807, 2.05) is 19.1 Å². The highest BCUT2D eigenvalue weighted by Gasteiger charge is 2.20. The van der Waals surface area contributed by atoms with Crippen LogP contribution in [0.5, 0.6) is 11.5 Å². The van der Waals surface area contributed by atoms with Crippen molar-refractivity contribution in [1.82, 2.24) is 5.32 Å². The maximum absolute atomic E-state index is 5.64. The van der Waals surface area contributed by atoms with Crippen LogP contribution in [0.1, 0.15) is 51.5 Å². The van der Waals surface area contributed by atoms with Gasteiger partial charge < -0.3 is 14.8 Å². The fourth-order valence-corrected chi connectivity index (χ4v) is 3.27. The van der Waals surface area contributed by atoms with Crippen molar-refractivity contribution in [3.05, 3.63) is 23.8 Å². The van der Waals surface area contributed by atoms with Gasteiger partial charge in [-0.25, -0.2) is 0 Å². The van der Waals surface area contributed by atoms with E-state index >= 15 is 0 Å². The molecule has 0 bridgehead atoms. The number of hydrogen-bond acceptors (Lipinski definition) is 3. The van der Waals surface area contributed by atoms with Crippen LogP contribution in [0.3, 0.4) is 0 Å². The van der Waals surface area contributed by atoms with Gasteiger partial charge in [0.1, 0.15) is 0 Å². The summed E-state index contributed by atoms with van der Waals surface area (Å²) in [5.41, 5.74) is 1.17. The van der Waals surface area contributed by atoms with Crippen LogP contribution in [-0.2, 0) is 6.54 Å². The Morgan fingerprint density at radius 2 is 2.00 bits per heavy atom. The summed E-state index contributed by atoms with van der Waals surface area (Å²) in [6.45, 7) is 5.80. The largest absolute Gasteiger partial charge is 0.493 e. The number of para-hydroxylation sites is 1. The summed E-state index contributed by atoms with van der Waals surface area (Å²) in [7, 11) is 1.71. The molecule has 1 N–H and O–H groups in total. The standard InChI is InChI=1S/C18H29NO2/c1-4-21-17-12-8-11-16(18(17)20-3)13-19-14(2)15-9-6-5-7-10-15/h8,11-12,14-15,19H,4-7,9-10,13H2,1-3H3/t14-/m0/s1. The first kappa shape index (κ1) is 16.2. The van der Waals surface area contributed by atoms with E-state index in [0.717, 1.165) is 24.0 Å². The third-order valence-corrected chi connectivity index (χ3v) is 4.54. The molecule has 21 heavy (non-hydrogen) atoms. The van der Waals surface area contributed by atoms with E-state index in [0.29, 0.717) is 12.6 Å². The molecule has 118 valence electrons. The van der Waals surface area contributed by atoms with Crippen molar-refractivity contribution in [1.29, 1.82) is 0 Å². The van der Waals surface area contributed by atoms with Crippen molar-refractivity contribution in [2.24, 2.45) is 5.92 Å². The number of rotatable bonds is 7. The van der Waals surface area contributed by atoms with E-state index in [9.17, 15) is 0 Å². The predicted octanol–water partition coefficient (Wildman–Crippen LogP) is 4.15. The van der Waals surface area contributed by atoms with Gasteiger partial charge in [-0.3, -0.25) is 0 Å². The van der Waals surface area contributed by atoms with Gasteiger partial charge >= 0.3 is 0 Å². The highest BCUT2D eigenvalue weighted by Crippen LogP contribution is 2.31. The molecule has 1 aliphatic carbocycles. The lowest BCUT2D eigenvalue weighted by Gasteiger charge is -2.28. The summed E-state index contributed by atoms with van der Waals surface area (Å²) in [6.07, 6.45) is 6.92. The van der Waals surface area contributed by atoms with Crippen LogP contribution in [0.25, 0.3) is 0 Å². The fraction of sp³-hybridized carbons (Fsp3) is 0.667. The van der Waals surface area contributed by atoms with E-state index < -0.39 is 0 Å². The van der Waals surface area contributed by atoms with Crippen molar-refractivity contribution in [2.45, 2.75) is 58.5 Å². The number of hydrogen-bond donors (Lipinski definition) is 1. The molecule has 1 fully saturated rings. The molecule has 0 aliphatic heterocycles. The lowest BCUT2D eigenvalue weighted by molar-refractivity contribution is 0.278. The summed E-state index contributed by atoms with van der Waals surface area (Å²) in [6, 6.07) is 6.68. The van der Waals surface area contributed by atoms with Crippen LogP contribution in [0.4, 0.5) is 0 Å². The molecule has 0 unspecified atom stereocenters. The van der Waals surface area contributed by atoms with Crippen LogP contribution < -0.4 is 14.8 Å². The fourth-order valence-electron chi connectivity index (χ4n) is 3.27. The third kappa shape index (κ3) is 4.37. The molecule has 0 heterocycles. The average molecular weight is 291 g/mol. The molecule has 0 aromatic heterocycles. The predicted molar refractivity (Wildman–Crippen MR) is 87.0 cm³/mol. The molecule has 0 radical (unpaired) electrons. The molecule has 3 nitrogen and oxygen atoms in total. The Hall–Kier alpha value is -1.22. The minimum absolute atomic E-state index is 0.561. The van der Waals surface area contributed by atoms with Crippen molar-refractivity contribution in [2.75, 3.05) is 13.7 Å². The van der Waals surface area contributed by atoms with Gasteiger partial charge in [0.05, 0.1) is 13.7 Å². The molecule has 1 atom stereocenters. The van der Waals surface area contributed by atoms with Crippen LogP contribution >= 0.6 is 0 Å². The first-order chi connectivity index (χ1) is 10.3. The Labute approximate surface area is 129 Å². The number of nitrogens with one attached hydrogen (secondary N) is 1. The number of benzene rings is 1. The van der Waals surface area contributed by atoms with Crippen LogP contribution in [0.15, 0.2) is 18.2 Å². The molecule has 2 rings (SSSR count). The van der Waals surface area contributed by atoms with Crippen LogP contribution in [-0.4, -0.2) is 19.8 Å². The molecule has 1 aromatic rings. The number of ether oxygens (including phenoxy) is 2. The normalized spacial score (nSPS) is 17.5. The SMILES string of the molecule is CCOc1cccc(CN[C@@H](C)C2CCCCC2)c1OC. The molecule has 3 heteroatoms. The second-order valence-corrected chi connectivity index (χ2v) is 5.95. The minimum Gasteiger partial charge on any atom is -0.493 e. The molecular weight excluding hydrogens is 262 g/mol. The zero-order chi connectivity index (χ0) is 15.1. The van der Waals surface area contributed by atoms with Gasteiger partial charge in [-0.1, -0.05) is 31.4 Å². The van der Waals surface area contributed by atoms with Gasteiger partial charge in [0, 0.05) is 18.2 Å². The third-order valence-electron chi connectivity index (χ3n) is 4.54. The van der Waals surface area contributed by atoms with E-state index in [1.54, 1.807) is 7.11 Å². The molecule has 1 aliphatic rings. The summed E-state index contributed by atoms with van der Waals surface area (Å²) in [5.74, 6) is 2.52. The molecule has 0 saturated heterocycles. The smallest absolute Gasteiger partial charge is 0.165 e. The maximum Gasteiger partial charge on any atom is 0.165 e. The summed E-state index contributed by atoms with van der Waals surface area (Å²) in [4.78, 5) is 0. The monoisotopic (exact) mass is 291 g/mol. The Morgan fingerprint density at radius 1 is 1.24 bits per heavy atom. The first-order valence-electron chi connectivity index (χ1n) is 8.28. The van der Waals surface area contributed by atoms with Crippen LogP contribution in [0.2, 0.25) is 0 Å². The topological polar surface area (TPSA) is 30.5 Å². The molecule has 0 amide bonds. The highest BCUT2D eigenvalue weighted by molar-refractivity contribution is 5.46. The maximum atomic E-state index is 5.64. The Morgan fingerprint density at radius 3 is 2.67 bits per heavy atom. The molecule has 1 saturated carbocycles. The minimum atomic E-state index is 0.561. The second-order valence-electron chi connectivity index (χ2n) is 5.95. The van der Waals surface area contributed by atoms with Gasteiger partial charge in [-0.05, 0) is 38.7 Å². The Balaban J connectivity index is 1.97. The second kappa shape index (κ2) is 8.28. The number of methoxy groups -OCH3 is 1. The van der Waals surface area contributed by atoms with Gasteiger partial charge in [0.2, 0.25) is 0 Å². The molecular formula is C18H29NO2. The van der Waals surface area contributed by atoms with E-state index in [1.165, 1.54) is 37.7 Å². The van der Waals surface area contributed by atoms with Crippen molar-refractivity contribution < 1.29 is 9.47 Å². The van der Waals surface area contributed by atoms with Gasteiger partial charge in [0.15, 0.2) is 11.5 Å². The van der Waals surface area contributed by atoms with Crippen LogP contribution in [0, 0.1) is 5.92 Å². The zero-order valence-electron chi connectivity index (χ0n) is 13.7. The first-order valence-corrected chi connectivity index (χ1v) is 8.28. The quantitative estimate of drug-likeness (QED) is 0.818. The van der Waals surface area contributed by atoms with Gasteiger partial charge in [-0.15, -0.1) is 0 Å². The van der Waals surface area contributed by atoms with Crippen molar-refractivity contribution in [3.63, 3.8) is 0 Å². The summed E-state index contributed by atoms with van der Waals surface area (Å²) >= 11 is 0. The summed E-state index contributed by atoms with van der Waals surface area (Å²) in [5, 5.41) is 3.68.